The average Bonchev–Trinajstić information content (AvgIpc) is 2.44. The van der Waals surface area contributed by atoms with Gasteiger partial charge in [-0.25, -0.2) is 0 Å². The van der Waals surface area contributed by atoms with E-state index < -0.39 is 0 Å². The van der Waals surface area contributed by atoms with Crippen molar-refractivity contribution in [2.24, 2.45) is 11.8 Å². The quantitative estimate of drug-likeness (QED) is 0.425. The van der Waals surface area contributed by atoms with Crippen LogP contribution >= 0.6 is 0 Å². The molecular weight excluding hydrogens is 228 g/mol. The van der Waals surface area contributed by atoms with Crippen molar-refractivity contribution in [1.82, 2.24) is 0 Å². The van der Waals surface area contributed by atoms with Crippen LogP contribution in [0.1, 0.15) is 112 Å². The van der Waals surface area contributed by atoms with Crippen molar-refractivity contribution < 1.29 is 0 Å². The third kappa shape index (κ3) is 18.0. The Balaban J connectivity index is 0. The summed E-state index contributed by atoms with van der Waals surface area (Å²) < 4.78 is 0. The van der Waals surface area contributed by atoms with Gasteiger partial charge in [0.25, 0.3) is 0 Å². The molecule has 0 spiro atoms. The summed E-state index contributed by atoms with van der Waals surface area (Å²) in [6.45, 7) is 13.0. The van der Waals surface area contributed by atoms with Crippen molar-refractivity contribution in [2.75, 3.05) is 0 Å². The van der Waals surface area contributed by atoms with Gasteiger partial charge in [-0.05, 0) is 11.8 Å². The molecule has 2 fully saturated rings. The average molecular weight is 271 g/mol. The van der Waals surface area contributed by atoms with Gasteiger partial charge in [0.1, 0.15) is 0 Å². The Morgan fingerprint density at radius 3 is 0.895 bits per heavy atom. The molecule has 0 aliphatic heterocycles. The van der Waals surface area contributed by atoms with Crippen LogP contribution in [-0.4, -0.2) is 0 Å². The zero-order valence-corrected chi connectivity index (χ0v) is 14.9. The number of hydrogen-bond acceptors (Lipinski definition) is 0. The normalized spacial score (nSPS) is 19.9. The van der Waals surface area contributed by atoms with Crippen LogP contribution in [0.4, 0.5) is 0 Å². The van der Waals surface area contributed by atoms with Crippen molar-refractivity contribution in [3.05, 3.63) is 0 Å². The topological polar surface area (TPSA) is 0 Å². The Labute approximate surface area is 124 Å². The lowest BCUT2D eigenvalue weighted by atomic mass is 9.91. The van der Waals surface area contributed by atoms with E-state index in [0.717, 1.165) is 11.8 Å². The smallest absolute Gasteiger partial charge is 0.0443 e. The lowest BCUT2D eigenvalue weighted by Gasteiger charge is -2.15. The van der Waals surface area contributed by atoms with Crippen molar-refractivity contribution >= 4 is 0 Å². The molecule has 0 bridgehead atoms. The first-order valence-corrected chi connectivity index (χ1v) is 9.20. The van der Waals surface area contributed by atoms with E-state index in [9.17, 15) is 0 Å². The summed E-state index contributed by atoms with van der Waals surface area (Å²) in [6, 6.07) is 0. The maximum atomic E-state index is 2.36. The molecule has 0 aromatic rings. The van der Waals surface area contributed by atoms with Gasteiger partial charge in [0, 0.05) is 0 Å². The molecule has 0 unspecified atom stereocenters. The van der Waals surface area contributed by atoms with Gasteiger partial charge in [-0.3, -0.25) is 0 Å². The predicted molar refractivity (Wildman–Crippen MR) is 91.8 cm³/mol. The maximum absolute atomic E-state index is 2.36. The largest absolute Gasteiger partial charge is 0.0683 e. The van der Waals surface area contributed by atoms with Gasteiger partial charge < -0.3 is 0 Å². The zero-order chi connectivity index (χ0) is 14.9. The van der Waals surface area contributed by atoms with Gasteiger partial charge in [-0.15, -0.1) is 0 Å². The van der Waals surface area contributed by atoms with E-state index in [-0.39, 0.29) is 0 Å². The van der Waals surface area contributed by atoms with Gasteiger partial charge in [0.2, 0.25) is 0 Å². The van der Waals surface area contributed by atoms with Crippen molar-refractivity contribution in [1.29, 1.82) is 0 Å². The van der Waals surface area contributed by atoms with Crippen LogP contribution in [0, 0.1) is 11.8 Å². The summed E-state index contributed by atoms with van der Waals surface area (Å²) >= 11 is 0. The minimum Gasteiger partial charge on any atom is -0.0683 e. The molecule has 0 heterocycles. The molecule has 19 heavy (non-hydrogen) atoms. The molecule has 0 aromatic carbocycles. The maximum Gasteiger partial charge on any atom is -0.0443 e. The second-order valence-corrected chi connectivity index (χ2v) is 6.19. The van der Waals surface area contributed by atoms with Crippen molar-refractivity contribution in [3.8, 4) is 0 Å². The lowest BCUT2D eigenvalue weighted by molar-refractivity contribution is 0.385. The van der Waals surface area contributed by atoms with Gasteiger partial charge in [0.15, 0.2) is 0 Å². The third-order valence-corrected chi connectivity index (χ3v) is 3.79. The van der Waals surface area contributed by atoms with E-state index in [1.54, 1.807) is 0 Å². The zero-order valence-electron chi connectivity index (χ0n) is 14.9. The highest BCUT2D eigenvalue weighted by Gasteiger charge is 2.06. The molecule has 2 aliphatic rings. The summed E-state index contributed by atoms with van der Waals surface area (Å²) in [5, 5.41) is 0. The van der Waals surface area contributed by atoms with E-state index in [1.165, 1.54) is 70.6 Å². The Morgan fingerprint density at radius 1 is 0.579 bits per heavy atom. The highest BCUT2D eigenvalue weighted by molar-refractivity contribution is 4.60. The second kappa shape index (κ2) is 18.0. The molecule has 0 heteroatoms. The van der Waals surface area contributed by atoms with Gasteiger partial charge in [0.05, 0.1) is 0 Å². The Bertz CT molecular complexity index is 111. The fraction of sp³-hybridized carbons (Fsp3) is 1.00. The van der Waals surface area contributed by atoms with Gasteiger partial charge >= 0.3 is 0 Å². The monoisotopic (exact) mass is 270 g/mol. The van der Waals surface area contributed by atoms with E-state index in [2.05, 4.69) is 27.7 Å². The van der Waals surface area contributed by atoms with E-state index >= 15 is 0 Å². The summed E-state index contributed by atoms with van der Waals surface area (Å²) in [5.74, 6) is 2.07. The van der Waals surface area contributed by atoms with Gasteiger partial charge in [-0.2, -0.15) is 0 Å². The first-order valence-electron chi connectivity index (χ1n) is 9.20. The summed E-state index contributed by atoms with van der Waals surface area (Å²) in [6.07, 6.45) is 16.1. The van der Waals surface area contributed by atoms with Crippen LogP contribution in [0.2, 0.25) is 0 Å². The molecule has 0 atom stereocenters. The standard InChI is InChI=1S/2C7H14.C3H8.C2H6/c2*1-7-5-3-2-4-6-7;1-3-2;1-2/h2*7H,2-6H2,1H3;3H2,1-2H3;1-2H3. The minimum atomic E-state index is 1.04. The number of rotatable bonds is 0. The molecule has 2 saturated carbocycles. The Morgan fingerprint density at radius 2 is 0.789 bits per heavy atom. The summed E-state index contributed by atoms with van der Waals surface area (Å²) in [5.41, 5.74) is 0. The number of hydrogen-bond donors (Lipinski definition) is 0. The van der Waals surface area contributed by atoms with E-state index in [1.807, 2.05) is 13.8 Å². The molecular formula is C19H42. The molecule has 0 amide bonds. The molecule has 0 radical (unpaired) electrons. The van der Waals surface area contributed by atoms with Crippen LogP contribution < -0.4 is 0 Å². The third-order valence-electron chi connectivity index (χ3n) is 3.79. The Hall–Kier alpha value is 0. The first-order chi connectivity index (χ1) is 9.20. The van der Waals surface area contributed by atoms with E-state index in [4.69, 9.17) is 0 Å². The highest BCUT2D eigenvalue weighted by Crippen LogP contribution is 2.22. The Kier molecular flexibility index (Phi) is 20.2. The molecule has 0 nitrogen and oxygen atoms in total. The first kappa shape index (κ1) is 21.3. The van der Waals surface area contributed by atoms with Crippen molar-refractivity contribution in [3.63, 3.8) is 0 Å². The summed E-state index contributed by atoms with van der Waals surface area (Å²) in [4.78, 5) is 0. The van der Waals surface area contributed by atoms with Crippen LogP contribution in [0.15, 0.2) is 0 Å². The van der Waals surface area contributed by atoms with Crippen LogP contribution in [-0.2, 0) is 0 Å². The van der Waals surface area contributed by atoms with Crippen LogP contribution in [0.25, 0.3) is 0 Å². The molecule has 0 N–H and O–H groups in total. The highest BCUT2D eigenvalue weighted by atomic mass is 14.1. The molecule has 2 aliphatic carbocycles. The SMILES string of the molecule is CC.CC1CCCCC1.CC1CCCCC1.CCC. The molecule has 2 rings (SSSR count). The van der Waals surface area contributed by atoms with Crippen LogP contribution in [0.5, 0.6) is 0 Å². The molecule has 0 saturated heterocycles. The van der Waals surface area contributed by atoms with Crippen LogP contribution in [0.3, 0.4) is 0 Å². The molecule has 0 aromatic heterocycles. The van der Waals surface area contributed by atoms with E-state index in [0.29, 0.717) is 0 Å². The molecule has 118 valence electrons. The summed E-state index contributed by atoms with van der Waals surface area (Å²) in [7, 11) is 0. The fourth-order valence-corrected chi connectivity index (χ4v) is 2.61. The van der Waals surface area contributed by atoms with Crippen molar-refractivity contribution in [2.45, 2.75) is 112 Å². The fourth-order valence-electron chi connectivity index (χ4n) is 2.61. The predicted octanol–water partition coefficient (Wildman–Crippen LogP) is 7.62. The minimum absolute atomic E-state index is 1.04. The van der Waals surface area contributed by atoms with Gasteiger partial charge in [-0.1, -0.05) is 112 Å². The second-order valence-electron chi connectivity index (χ2n) is 6.19. The lowest BCUT2D eigenvalue weighted by Crippen LogP contribution is -1.99.